The summed E-state index contributed by atoms with van der Waals surface area (Å²) in [5, 5.41) is 80.9. The van der Waals surface area contributed by atoms with E-state index in [4.69, 9.17) is 4.74 Å². The molecule has 0 radical (unpaired) electrons. The number of fused-ring (bicyclic) bond motifs is 3. The van der Waals surface area contributed by atoms with Crippen molar-refractivity contribution in [3.05, 3.63) is 94.1 Å². The largest absolute Gasteiger partial charge is 0.508 e. The van der Waals surface area contributed by atoms with Crippen molar-refractivity contribution in [1.82, 2.24) is 0 Å². The molecule has 1 atom stereocenters. The third-order valence-electron chi connectivity index (χ3n) is 7.70. The SMILES string of the molecule is O=C(C=Cc1cc(O)c(O)cc1C=Cc1cc(O)c(O)c2c1-c1cccc(O)c1CCC2)O[C@H](Cc1ccc(O)c(O)c1)C(=O)O. The Morgan fingerprint density at radius 1 is 0.696 bits per heavy atom. The number of carboxylic acid groups (broad SMARTS) is 1. The Labute approximate surface area is 262 Å². The first-order chi connectivity index (χ1) is 21.9. The molecule has 0 spiro atoms. The number of benzene rings is 4. The van der Waals surface area contributed by atoms with Crippen LogP contribution in [-0.4, -0.2) is 58.9 Å². The third kappa shape index (κ3) is 6.53. The quantitative estimate of drug-likeness (QED) is 0.0552. The fourth-order valence-electron chi connectivity index (χ4n) is 5.45. The molecule has 0 aliphatic heterocycles. The van der Waals surface area contributed by atoms with E-state index in [2.05, 4.69) is 0 Å². The van der Waals surface area contributed by atoms with Gasteiger partial charge in [-0.3, -0.25) is 0 Å². The van der Waals surface area contributed by atoms with E-state index in [9.17, 15) is 50.4 Å². The van der Waals surface area contributed by atoms with E-state index in [-0.39, 0.29) is 35.0 Å². The van der Waals surface area contributed by atoms with Crippen LogP contribution in [0.5, 0.6) is 40.2 Å². The Bertz CT molecular complexity index is 1910. The third-order valence-corrected chi connectivity index (χ3v) is 7.70. The molecule has 1 aliphatic carbocycles. The molecule has 0 unspecified atom stereocenters. The fraction of sp³-hybridized carbons (Fsp3) is 0.143. The molecule has 0 aromatic heterocycles. The maximum absolute atomic E-state index is 12.6. The van der Waals surface area contributed by atoms with Gasteiger partial charge in [0.25, 0.3) is 0 Å². The average Bonchev–Trinajstić information content (AvgIpc) is 3.21. The van der Waals surface area contributed by atoms with E-state index in [1.807, 2.05) is 6.07 Å². The van der Waals surface area contributed by atoms with Crippen LogP contribution in [-0.2, 0) is 33.6 Å². The van der Waals surface area contributed by atoms with Crippen LogP contribution in [0.1, 0.15) is 39.8 Å². The molecule has 11 heteroatoms. The highest BCUT2D eigenvalue weighted by Crippen LogP contribution is 2.46. The summed E-state index contributed by atoms with van der Waals surface area (Å²) in [5.74, 6) is -4.73. The molecule has 4 aromatic carbocycles. The lowest BCUT2D eigenvalue weighted by atomic mass is 9.90. The lowest BCUT2D eigenvalue weighted by Crippen LogP contribution is -2.28. The van der Waals surface area contributed by atoms with Gasteiger partial charge in [-0.05, 0) is 95.1 Å². The van der Waals surface area contributed by atoms with Gasteiger partial charge in [0.05, 0.1) is 0 Å². The number of ether oxygens (including phenoxy) is 1. The molecular formula is C35H30O11. The van der Waals surface area contributed by atoms with Gasteiger partial charge in [0.2, 0.25) is 6.10 Å². The molecule has 11 nitrogen and oxygen atoms in total. The lowest BCUT2D eigenvalue weighted by molar-refractivity contribution is -0.160. The van der Waals surface area contributed by atoms with E-state index < -0.39 is 35.3 Å². The van der Waals surface area contributed by atoms with E-state index in [0.29, 0.717) is 58.2 Å². The molecule has 0 heterocycles. The summed E-state index contributed by atoms with van der Waals surface area (Å²) >= 11 is 0. The zero-order valence-electron chi connectivity index (χ0n) is 24.2. The van der Waals surface area contributed by atoms with Crippen LogP contribution < -0.4 is 0 Å². The van der Waals surface area contributed by atoms with Crippen LogP contribution in [0.15, 0.2) is 60.7 Å². The van der Waals surface area contributed by atoms with Gasteiger partial charge in [0.1, 0.15) is 5.75 Å². The standard InChI is InChI=1S/C35H30O11/c36-25-6-2-4-23-22(25)3-1-5-24-33(23)21(17-30(41)34(24)43)9-8-19-15-28(39)29(40)16-20(19)10-12-32(42)46-31(35(44)45)14-18-7-11-26(37)27(38)13-18/h2,4,6-13,15-17,31,36-41,43H,1,3,5,14H2,(H,44,45)/t31-/m1/s1. The first-order valence-corrected chi connectivity index (χ1v) is 14.2. The van der Waals surface area contributed by atoms with Crippen molar-refractivity contribution < 1.29 is 55.2 Å². The van der Waals surface area contributed by atoms with Gasteiger partial charge in [0, 0.05) is 23.6 Å². The summed E-state index contributed by atoms with van der Waals surface area (Å²) < 4.78 is 5.10. The van der Waals surface area contributed by atoms with Crippen LogP contribution in [0.2, 0.25) is 0 Å². The predicted octanol–water partition coefficient (Wildman–Crippen LogP) is 5.20. The predicted molar refractivity (Wildman–Crippen MR) is 168 cm³/mol. The molecule has 8 N–H and O–H groups in total. The molecule has 0 fully saturated rings. The zero-order valence-corrected chi connectivity index (χ0v) is 24.2. The Morgan fingerprint density at radius 3 is 2.02 bits per heavy atom. The zero-order chi connectivity index (χ0) is 33.1. The second-order valence-electron chi connectivity index (χ2n) is 10.8. The summed E-state index contributed by atoms with van der Waals surface area (Å²) in [6, 6.07) is 12.6. The molecule has 4 aromatic rings. The minimum absolute atomic E-state index is 0.113. The van der Waals surface area contributed by atoms with Crippen LogP contribution in [0.4, 0.5) is 0 Å². The second kappa shape index (κ2) is 12.9. The molecule has 0 saturated heterocycles. The Morgan fingerprint density at radius 2 is 1.33 bits per heavy atom. The molecule has 0 saturated carbocycles. The van der Waals surface area contributed by atoms with Crippen molar-refractivity contribution in [2.45, 2.75) is 31.8 Å². The first-order valence-electron chi connectivity index (χ1n) is 14.2. The van der Waals surface area contributed by atoms with Crippen LogP contribution >= 0.6 is 0 Å². The number of carbonyl (C=O) groups is 2. The Kier molecular flexibility index (Phi) is 8.76. The van der Waals surface area contributed by atoms with Crippen molar-refractivity contribution in [1.29, 1.82) is 0 Å². The first kappa shape index (κ1) is 31.3. The lowest BCUT2D eigenvalue weighted by Gasteiger charge is -2.16. The van der Waals surface area contributed by atoms with Crippen molar-refractivity contribution >= 4 is 30.2 Å². The number of carboxylic acids is 1. The number of esters is 1. The number of carbonyl (C=O) groups excluding carboxylic acids is 1. The van der Waals surface area contributed by atoms with E-state index >= 15 is 0 Å². The maximum atomic E-state index is 12.6. The topological polar surface area (TPSA) is 205 Å². The number of phenols is 7. The van der Waals surface area contributed by atoms with E-state index in [0.717, 1.165) is 12.1 Å². The summed E-state index contributed by atoms with van der Waals surface area (Å²) in [6.45, 7) is 0. The minimum Gasteiger partial charge on any atom is -0.508 e. The number of phenolic OH excluding ortho intramolecular Hbond substituents is 7. The smallest absolute Gasteiger partial charge is 0.345 e. The van der Waals surface area contributed by atoms with Crippen molar-refractivity contribution in [2.75, 3.05) is 0 Å². The monoisotopic (exact) mass is 626 g/mol. The Balaban J connectivity index is 1.46. The van der Waals surface area contributed by atoms with Crippen molar-refractivity contribution in [3.8, 4) is 51.4 Å². The van der Waals surface area contributed by atoms with Crippen molar-refractivity contribution in [3.63, 3.8) is 0 Å². The van der Waals surface area contributed by atoms with Crippen LogP contribution in [0.25, 0.3) is 29.4 Å². The number of aromatic hydroxyl groups is 7. The number of rotatable bonds is 8. The summed E-state index contributed by atoms with van der Waals surface area (Å²) in [7, 11) is 0. The molecule has 0 bridgehead atoms. The minimum atomic E-state index is -1.62. The fourth-order valence-corrected chi connectivity index (χ4v) is 5.45. The summed E-state index contributed by atoms with van der Waals surface area (Å²) in [6.07, 6.45) is 5.08. The van der Waals surface area contributed by atoms with Gasteiger partial charge in [-0.25, -0.2) is 9.59 Å². The highest BCUT2D eigenvalue weighted by Gasteiger charge is 2.25. The molecular weight excluding hydrogens is 596 g/mol. The molecule has 5 rings (SSSR count). The van der Waals surface area contributed by atoms with Gasteiger partial charge in [-0.15, -0.1) is 0 Å². The molecule has 46 heavy (non-hydrogen) atoms. The highest BCUT2D eigenvalue weighted by molar-refractivity contribution is 5.92. The van der Waals surface area contributed by atoms with E-state index in [1.54, 1.807) is 24.3 Å². The van der Waals surface area contributed by atoms with E-state index in [1.165, 1.54) is 36.4 Å². The number of hydrogen-bond donors (Lipinski definition) is 8. The molecule has 0 amide bonds. The summed E-state index contributed by atoms with van der Waals surface area (Å²) in [5.41, 5.74) is 3.86. The highest BCUT2D eigenvalue weighted by atomic mass is 16.6. The second-order valence-corrected chi connectivity index (χ2v) is 10.8. The maximum Gasteiger partial charge on any atom is 0.345 e. The van der Waals surface area contributed by atoms with Gasteiger partial charge in [-0.1, -0.05) is 30.4 Å². The van der Waals surface area contributed by atoms with Crippen LogP contribution in [0.3, 0.4) is 0 Å². The van der Waals surface area contributed by atoms with Gasteiger partial charge < -0.3 is 45.6 Å². The van der Waals surface area contributed by atoms with Gasteiger partial charge >= 0.3 is 11.9 Å². The van der Waals surface area contributed by atoms with Crippen molar-refractivity contribution in [2.24, 2.45) is 0 Å². The number of aliphatic carboxylic acids is 1. The van der Waals surface area contributed by atoms with Gasteiger partial charge in [0.15, 0.2) is 34.5 Å². The summed E-state index contributed by atoms with van der Waals surface area (Å²) in [4.78, 5) is 24.4. The molecule has 1 aliphatic rings. The van der Waals surface area contributed by atoms with Crippen LogP contribution in [0, 0.1) is 0 Å². The number of hydrogen-bond acceptors (Lipinski definition) is 10. The normalized spacial score (nSPS) is 13.2. The van der Waals surface area contributed by atoms with Gasteiger partial charge in [-0.2, -0.15) is 0 Å². The Hall–Kier alpha value is -6.10. The molecule has 236 valence electrons. The average molecular weight is 627 g/mol.